The highest BCUT2D eigenvalue weighted by Crippen LogP contribution is 2.26. The summed E-state index contributed by atoms with van der Waals surface area (Å²) >= 11 is 0. The molecule has 2 heterocycles. The maximum Gasteiger partial charge on any atom is 0.146 e. The third-order valence-corrected chi connectivity index (χ3v) is 3.43. The van der Waals surface area contributed by atoms with Gasteiger partial charge in [0.1, 0.15) is 5.82 Å². The van der Waals surface area contributed by atoms with Gasteiger partial charge < -0.3 is 0 Å². The molecule has 0 aliphatic rings. The Bertz CT molecular complexity index is 722. The Morgan fingerprint density at radius 3 is 2.35 bits per heavy atom. The van der Waals surface area contributed by atoms with Gasteiger partial charge in [0.05, 0.1) is 11.4 Å². The van der Waals surface area contributed by atoms with Gasteiger partial charge in [-0.05, 0) is 44.0 Å². The summed E-state index contributed by atoms with van der Waals surface area (Å²) in [5, 5.41) is 0. The third kappa shape index (κ3) is 2.11. The molecule has 0 aliphatic heterocycles. The van der Waals surface area contributed by atoms with Crippen molar-refractivity contribution < 1.29 is 0 Å². The first-order chi connectivity index (χ1) is 9.66. The molecule has 0 spiro atoms. The van der Waals surface area contributed by atoms with Crippen LogP contribution in [0.5, 0.6) is 0 Å². The molecule has 0 amide bonds. The molecule has 20 heavy (non-hydrogen) atoms. The summed E-state index contributed by atoms with van der Waals surface area (Å²) in [7, 11) is 0. The second kappa shape index (κ2) is 4.93. The van der Waals surface area contributed by atoms with Crippen molar-refractivity contribution in [3.63, 3.8) is 0 Å². The van der Waals surface area contributed by atoms with E-state index in [0.717, 1.165) is 17.1 Å². The Hall–Kier alpha value is -2.42. The molecule has 0 radical (unpaired) electrons. The second-order valence-corrected chi connectivity index (χ2v) is 5.06. The van der Waals surface area contributed by atoms with Crippen LogP contribution in [0.2, 0.25) is 0 Å². The summed E-state index contributed by atoms with van der Waals surface area (Å²) in [6.07, 6.45) is 5.71. The van der Waals surface area contributed by atoms with Crippen molar-refractivity contribution in [3.8, 4) is 17.1 Å². The van der Waals surface area contributed by atoms with Gasteiger partial charge in [-0.15, -0.1) is 0 Å². The van der Waals surface area contributed by atoms with E-state index in [-0.39, 0.29) is 0 Å². The molecule has 1 aromatic carbocycles. The van der Waals surface area contributed by atoms with Crippen LogP contribution in [0.1, 0.15) is 16.8 Å². The van der Waals surface area contributed by atoms with E-state index in [1.807, 2.05) is 25.3 Å². The van der Waals surface area contributed by atoms with E-state index in [9.17, 15) is 0 Å². The number of rotatable bonds is 2. The van der Waals surface area contributed by atoms with E-state index in [2.05, 4.69) is 52.8 Å². The number of benzene rings is 1. The average Bonchev–Trinajstić information content (AvgIpc) is 2.81. The number of nitrogens with zero attached hydrogens (tertiary/aromatic N) is 3. The number of imidazole rings is 1. The van der Waals surface area contributed by atoms with E-state index in [1.165, 1.54) is 16.8 Å². The van der Waals surface area contributed by atoms with E-state index in [0.29, 0.717) is 0 Å². The molecule has 0 fully saturated rings. The van der Waals surface area contributed by atoms with Crippen molar-refractivity contribution in [3.05, 3.63) is 65.7 Å². The Balaban J connectivity index is 2.26. The summed E-state index contributed by atoms with van der Waals surface area (Å²) in [5.74, 6) is 0.938. The highest BCUT2D eigenvalue weighted by molar-refractivity contribution is 5.60. The lowest BCUT2D eigenvalue weighted by atomic mass is 10.1. The monoisotopic (exact) mass is 263 g/mol. The van der Waals surface area contributed by atoms with Gasteiger partial charge in [0.25, 0.3) is 0 Å². The number of hydrogen-bond acceptors (Lipinski definition) is 2. The Kier molecular flexibility index (Phi) is 3.11. The molecule has 2 aromatic heterocycles. The van der Waals surface area contributed by atoms with Gasteiger partial charge in [0.15, 0.2) is 0 Å². The fourth-order valence-electron chi connectivity index (χ4n) is 2.55. The molecule has 3 aromatic rings. The predicted octanol–water partition coefficient (Wildman–Crippen LogP) is 3.86. The number of aryl methyl sites for hydroxylation is 3. The Morgan fingerprint density at radius 2 is 1.70 bits per heavy atom. The van der Waals surface area contributed by atoms with Crippen molar-refractivity contribution >= 4 is 0 Å². The lowest BCUT2D eigenvalue weighted by molar-refractivity contribution is 1.03. The van der Waals surface area contributed by atoms with E-state index in [4.69, 9.17) is 0 Å². The molecule has 0 N–H and O–H groups in total. The van der Waals surface area contributed by atoms with Crippen LogP contribution in [0.15, 0.2) is 48.9 Å². The van der Waals surface area contributed by atoms with Crippen LogP contribution in [0.4, 0.5) is 0 Å². The van der Waals surface area contributed by atoms with Crippen molar-refractivity contribution in [2.75, 3.05) is 0 Å². The number of pyridine rings is 1. The van der Waals surface area contributed by atoms with Crippen molar-refractivity contribution in [2.45, 2.75) is 20.8 Å². The maximum absolute atomic E-state index is 4.66. The molecule has 0 atom stereocenters. The molecule has 0 unspecified atom stereocenters. The zero-order valence-corrected chi connectivity index (χ0v) is 12.0. The first-order valence-corrected chi connectivity index (χ1v) is 6.70. The SMILES string of the molecule is Cc1cn(-c2c(C)cccc2C)c(-c2cccnc2)n1. The van der Waals surface area contributed by atoms with E-state index < -0.39 is 0 Å². The Labute approximate surface area is 118 Å². The number of para-hydroxylation sites is 1. The van der Waals surface area contributed by atoms with Crippen LogP contribution in [-0.2, 0) is 0 Å². The fraction of sp³-hybridized carbons (Fsp3) is 0.176. The Morgan fingerprint density at radius 1 is 0.950 bits per heavy atom. The number of aromatic nitrogens is 3. The molecule has 3 rings (SSSR count). The summed E-state index contributed by atoms with van der Waals surface area (Å²) in [6.45, 7) is 6.28. The predicted molar refractivity (Wildman–Crippen MR) is 81.0 cm³/mol. The summed E-state index contributed by atoms with van der Waals surface area (Å²) in [4.78, 5) is 8.86. The standard InChI is InChI=1S/C17H17N3/c1-12-6-4-7-13(2)16(12)20-11-14(3)19-17(20)15-8-5-9-18-10-15/h4-11H,1-3H3. The van der Waals surface area contributed by atoms with Crippen molar-refractivity contribution in [1.29, 1.82) is 0 Å². The van der Waals surface area contributed by atoms with Crippen molar-refractivity contribution in [2.24, 2.45) is 0 Å². The normalized spacial score (nSPS) is 10.8. The largest absolute Gasteiger partial charge is 0.299 e. The van der Waals surface area contributed by atoms with E-state index >= 15 is 0 Å². The average molecular weight is 263 g/mol. The molecular weight excluding hydrogens is 246 g/mol. The topological polar surface area (TPSA) is 30.7 Å². The van der Waals surface area contributed by atoms with Crippen LogP contribution in [-0.4, -0.2) is 14.5 Å². The van der Waals surface area contributed by atoms with Crippen LogP contribution >= 0.6 is 0 Å². The molecule has 0 saturated heterocycles. The van der Waals surface area contributed by atoms with Gasteiger partial charge >= 0.3 is 0 Å². The first-order valence-electron chi connectivity index (χ1n) is 6.70. The molecular formula is C17H17N3. The van der Waals surface area contributed by atoms with Crippen LogP contribution < -0.4 is 0 Å². The summed E-state index contributed by atoms with van der Waals surface area (Å²) in [5.41, 5.74) is 5.72. The van der Waals surface area contributed by atoms with Gasteiger partial charge in [0, 0.05) is 24.2 Å². The van der Waals surface area contributed by atoms with Gasteiger partial charge in [-0.2, -0.15) is 0 Å². The van der Waals surface area contributed by atoms with Crippen molar-refractivity contribution in [1.82, 2.24) is 14.5 Å². The van der Waals surface area contributed by atoms with Crippen LogP contribution in [0.3, 0.4) is 0 Å². The second-order valence-electron chi connectivity index (χ2n) is 5.06. The first kappa shape index (κ1) is 12.6. The summed E-state index contributed by atoms with van der Waals surface area (Å²) in [6, 6.07) is 10.3. The van der Waals surface area contributed by atoms with Crippen LogP contribution in [0.25, 0.3) is 17.1 Å². The highest BCUT2D eigenvalue weighted by Gasteiger charge is 2.13. The molecule has 0 aliphatic carbocycles. The minimum Gasteiger partial charge on any atom is -0.299 e. The molecule has 3 heteroatoms. The lowest BCUT2D eigenvalue weighted by Crippen LogP contribution is -2.01. The van der Waals surface area contributed by atoms with Crippen LogP contribution in [0, 0.1) is 20.8 Å². The number of hydrogen-bond donors (Lipinski definition) is 0. The molecule has 0 bridgehead atoms. The van der Waals surface area contributed by atoms with Gasteiger partial charge in [-0.25, -0.2) is 4.98 Å². The smallest absolute Gasteiger partial charge is 0.146 e. The molecule has 0 saturated carbocycles. The molecule has 100 valence electrons. The fourth-order valence-corrected chi connectivity index (χ4v) is 2.55. The minimum absolute atomic E-state index is 0.938. The maximum atomic E-state index is 4.66. The van der Waals surface area contributed by atoms with Gasteiger partial charge in [-0.1, -0.05) is 18.2 Å². The molecule has 3 nitrogen and oxygen atoms in total. The zero-order chi connectivity index (χ0) is 14.1. The minimum atomic E-state index is 0.938. The summed E-state index contributed by atoms with van der Waals surface area (Å²) < 4.78 is 2.16. The van der Waals surface area contributed by atoms with Gasteiger partial charge in [0.2, 0.25) is 0 Å². The highest BCUT2D eigenvalue weighted by atomic mass is 15.1. The zero-order valence-electron chi connectivity index (χ0n) is 12.0. The van der Waals surface area contributed by atoms with Gasteiger partial charge in [-0.3, -0.25) is 9.55 Å². The quantitative estimate of drug-likeness (QED) is 0.703. The van der Waals surface area contributed by atoms with E-state index in [1.54, 1.807) is 6.20 Å². The third-order valence-electron chi connectivity index (χ3n) is 3.43. The lowest BCUT2D eigenvalue weighted by Gasteiger charge is -2.13.